The van der Waals surface area contributed by atoms with Gasteiger partial charge in [0.05, 0.1) is 19.2 Å². The second-order valence-electron chi connectivity index (χ2n) is 10.0. The van der Waals surface area contributed by atoms with Crippen LogP contribution in [0, 0.1) is 6.92 Å². The van der Waals surface area contributed by atoms with Crippen molar-refractivity contribution >= 4 is 28.5 Å². The SMILES string of the molecule is CCOc1ccc(C(C(=O)NC2CCCC2)N(C(=O)Cn2nnc3ccccc32)c2ccccc2C)cc1OC. The number of para-hydroxylation sites is 2. The Morgan fingerprint density at radius 1 is 1.05 bits per heavy atom. The molecule has 2 amide bonds. The average molecular weight is 542 g/mol. The lowest BCUT2D eigenvalue weighted by molar-refractivity contribution is -0.127. The van der Waals surface area contributed by atoms with E-state index in [-0.39, 0.29) is 24.4 Å². The molecule has 0 spiro atoms. The van der Waals surface area contributed by atoms with Crippen molar-refractivity contribution < 1.29 is 19.1 Å². The summed E-state index contributed by atoms with van der Waals surface area (Å²) in [5.41, 5.74) is 3.59. The van der Waals surface area contributed by atoms with Crippen LogP contribution in [-0.2, 0) is 16.1 Å². The summed E-state index contributed by atoms with van der Waals surface area (Å²) in [5, 5.41) is 11.7. The second-order valence-corrected chi connectivity index (χ2v) is 10.0. The summed E-state index contributed by atoms with van der Waals surface area (Å²) in [5.74, 6) is 0.548. The predicted molar refractivity (Wildman–Crippen MR) is 153 cm³/mol. The lowest BCUT2D eigenvalue weighted by atomic mass is 10.0. The Morgan fingerprint density at radius 3 is 2.55 bits per heavy atom. The van der Waals surface area contributed by atoms with Crippen LogP contribution in [0.1, 0.15) is 49.8 Å². The number of nitrogens with zero attached hydrogens (tertiary/aromatic N) is 4. The summed E-state index contributed by atoms with van der Waals surface area (Å²) >= 11 is 0. The summed E-state index contributed by atoms with van der Waals surface area (Å²) in [6, 6.07) is 19.6. The Labute approximate surface area is 234 Å². The summed E-state index contributed by atoms with van der Waals surface area (Å²) in [6.07, 6.45) is 4.00. The minimum atomic E-state index is -0.950. The van der Waals surface area contributed by atoms with Gasteiger partial charge in [0.15, 0.2) is 11.5 Å². The molecule has 1 aromatic heterocycles. The zero-order valence-corrected chi connectivity index (χ0v) is 23.2. The Hall–Kier alpha value is -4.40. The first-order valence-corrected chi connectivity index (χ1v) is 13.8. The van der Waals surface area contributed by atoms with E-state index >= 15 is 0 Å². The predicted octanol–water partition coefficient (Wildman–Crippen LogP) is 4.98. The number of aryl methyl sites for hydroxylation is 1. The molecule has 1 heterocycles. The van der Waals surface area contributed by atoms with Gasteiger partial charge in [0.25, 0.3) is 0 Å². The van der Waals surface area contributed by atoms with Crippen molar-refractivity contribution in [3.63, 3.8) is 0 Å². The van der Waals surface area contributed by atoms with Crippen LogP contribution >= 0.6 is 0 Å². The molecule has 1 N–H and O–H groups in total. The first kappa shape index (κ1) is 27.2. The van der Waals surface area contributed by atoms with E-state index in [1.54, 1.807) is 28.8 Å². The van der Waals surface area contributed by atoms with Crippen molar-refractivity contribution in [3.8, 4) is 11.5 Å². The zero-order chi connectivity index (χ0) is 28.1. The average Bonchev–Trinajstić information content (AvgIpc) is 3.63. The summed E-state index contributed by atoms with van der Waals surface area (Å²) in [4.78, 5) is 30.0. The number of amides is 2. The van der Waals surface area contributed by atoms with Gasteiger partial charge in [-0.25, -0.2) is 4.68 Å². The fraction of sp³-hybridized carbons (Fsp3) is 0.355. The first-order valence-electron chi connectivity index (χ1n) is 13.8. The van der Waals surface area contributed by atoms with Crippen molar-refractivity contribution in [2.75, 3.05) is 18.6 Å². The van der Waals surface area contributed by atoms with Crippen LogP contribution in [0.15, 0.2) is 66.7 Å². The standard InChI is InChI=1S/C31H35N5O4/c1-4-40-27-18-17-22(19-28(27)39-3)30(31(38)32-23-12-6-7-13-23)36(25-15-9-5-11-21(25)2)29(37)20-35-26-16-10-8-14-24(26)33-34-35/h5,8-11,14-19,23,30H,4,6-7,12-13,20H2,1-3H3,(H,32,38). The van der Waals surface area contributed by atoms with Gasteiger partial charge in [-0.1, -0.05) is 54.5 Å². The number of methoxy groups -OCH3 is 1. The van der Waals surface area contributed by atoms with E-state index < -0.39 is 6.04 Å². The van der Waals surface area contributed by atoms with Gasteiger partial charge in [-0.15, -0.1) is 5.10 Å². The van der Waals surface area contributed by atoms with Crippen LogP contribution in [-0.4, -0.2) is 46.6 Å². The monoisotopic (exact) mass is 541 g/mol. The normalized spacial score (nSPS) is 14.2. The Balaban J connectivity index is 1.61. The largest absolute Gasteiger partial charge is 0.493 e. The van der Waals surface area contributed by atoms with Crippen molar-refractivity contribution in [1.29, 1.82) is 0 Å². The van der Waals surface area contributed by atoms with Gasteiger partial charge in [0.1, 0.15) is 18.1 Å². The van der Waals surface area contributed by atoms with E-state index in [0.717, 1.165) is 36.8 Å². The number of anilines is 1. The second kappa shape index (κ2) is 12.2. The molecule has 1 saturated carbocycles. The molecule has 3 aromatic carbocycles. The third kappa shape index (κ3) is 5.64. The van der Waals surface area contributed by atoms with Crippen molar-refractivity contribution in [2.24, 2.45) is 0 Å². The number of carbonyl (C=O) groups excluding carboxylic acids is 2. The van der Waals surface area contributed by atoms with E-state index in [1.165, 1.54) is 0 Å². The van der Waals surface area contributed by atoms with Crippen LogP contribution < -0.4 is 19.7 Å². The van der Waals surface area contributed by atoms with Crippen molar-refractivity contribution in [1.82, 2.24) is 20.3 Å². The number of nitrogens with one attached hydrogen (secondary N) is 1. The molecule has 208 valence electrons. The molecule has 4 aromatic rings. The number of ether oxygens (including phenoxy) is 2. The van der Waals surface area contributed by atoms with Gasteiger partial charge in [0.2, 0.25) is 11.8 Å². The molecule has 9 nitrogen and oxygen atoms in total. The molecule has 1 aliphatic carbocycles. The highest BCUT2D eigenvalue weighted by atomic mass is 16.5. The molecule has 1 aliphatic rings. The molecule has 9 heteroatoms. The maximum absolute atomic E-state index is 14.3. The van der Waals surface area contributed by atoms with Crippen LogP contribution in [0.4, 0.5) is 5.69 Å². The van der Waals surface area contributed by atoms with Crippen LogP contribution in [0.3, 0.4) is 0 Å². The fourth-order valence-electron chi connectivity index (χ4n) is 5.39. The Kier molecular flexibility index (Phi) is 8.28. The van der Waals surface area contributed by atoms with Gasteiger partial charge < -0.3 is 14.8 Å². The molecule has 0 aliphatic heterocycles. The third-order valence-corrected chi connectivity index (χ3v) is 7.36. The molecule has 1 fully saturated rings. The molecule has 1 atom stereocenters. The van der Waals surface area contributed by atoms with Gasteiger partial charge in [-0.3, -0.25) is 14.5 Å². The smallest absolute Gasteiger partial charge is 0.249 e. The number of benzene rings is 3. The van der Waals surface area contributed by atoms with Crippen LogP contribution in [0.5, 0.6) is 11.5 Å². The third-order valence-electron chi connectivity index (χ3n) is 7.36. The van der Waals surface area contributed by atoms with Gasteiger partial charge in [-0.2, -0.15) is 0 Å². The molecule has 40 heavy (non-hydrogen) atoms. The molecule has 0 saturated heterocycles. The Morgan fingerprint density at radius 2 is 1.80 bits per heavy atom. The van der Waals surface area contributed by atoms with E-state index in [0.29, 0.717) is 34.9 Å². The highest BCUT2D eigenvalue weighted by Gasteiger charge is 2.36. The van der Waals surface area contributed by atoms with Crippen molar-refractivity contribution in [3.05, 3.63) is 77.9 Å². The minimum absolute atomic E-state index is 0.0766. The molecule has 0 bridgehead atoms. The molecular formula is C31H35N5O4. The molecular weight excluding hydrogens is 506 g/mol. The first-order chi connectivity index (χ1) is 19.5. The van der Waals surface area contributed by atoms with E-state index in [9.17, 15) is 9.59 Å². The highest BCUT2D eigenvalue weighted by molar-refractivity contribution is 6.02. The van der Waals surface area contributed by atoms with E-state index in [4.69, 9.17) is 9.47 Å². The van der Waals surface area contributed by atoms with Gasteiger partial charge >= 0.3 is 0 Å². The van der Waals surface area contributed by atoms with E-state index in [1.807, 2.05) is 68.4 Å². The van der Waals surface area contributed by atoms with Gasteiger partial charge in [-0.05, 0) is 68.1 Å². The maximum Gasteiger partial charge on any atom is 0.249 e. The van der Waals surface area contributed by atoms with Crippen LogP contribution in [0.25, 0.3) is 11.0 Å². The zero-order valence-electron chi connectivity index (χ0n) is 23.2. The van der Waals surface area contributed by atoms with Crippen molar-refractivity contribution in [2.45, 2.75) is 58.2 Å². The number of fused-ring (bicyclic) bond motifs is 1. The summed E-state index contributed by atoms with van der Waals surface area (Å²) in [6.45, 7) is 4.22. The maximum atomic E-state index is 14.3. The fourth-order valence-corrected chi connectivity index (χ4v) is 5.39. The molecule has 0 radical (unpaired) electrons. The number of hydrogen-bond donors (Lipinski definition) is 1. The lowest BCUT2D eigenvalue weighted by Crippen LogP contribution is -2.47. The number of aromatic nitrogens is 3. The van der Waals surface area contributed by atoms with Gasteiger partial charge in [0, 0.05) is 11.7 Å². The number of rotatable bonds is 10. The summed E-state index contributed by atoms with van der Waals surface area (Å²) < 4.78 is 12.9. The molecule has 1 unspecified atom stereocenters. The number of hydrogen-bond acceptors (Lipinski definition) is 6. The quantitative estimate of drug-likeness (QED) is 0.304. The summed E-state index contributed by atoms with van der Waals surface area (Å²) in [7, 11) is 1.56. The molecule has 5 rings (SSSR count). The highest BCUT2D eigenvalue weighted by Crippen LogP contribution is 2.36. The van der Waals surface area contributed by atoms with E-state index in [2.05, 4.69) is 15.6 Å². The number of carbonyl (C=O) groups is 2. The van der Waals surface area contributed by atoms with Crippen LogP contribution in [0.2, 0.25) is 0 Å². The topological polar surface area (TPSA) is 98.6 Å². The minimum Gasteiger partial charge on any atom is -0.493 e. The lowest BCUT2D eigenvalue weighted by Gasteiger charge is -2.33. The Bertz CT molecular complexity index is 1490.